The molecule has 0 aromatic heterocycles. The van der Waals surface area contributed by atoms with E-state index in [1.165, 1.54) is 0 Å². The lowest BCUT2D eigenvalue weighted by Gasteiger charge is -2.23. The molecular weight excluding hydrogens is 270 g/mol. The number of amides is 3. The third kappa shape index (κ3) is 4.46. The van der Waals surface area contributed by atoms with Gasteiger partial charge in [-0.25, -0.2) is 4.79 Å². The molecule has 2 rings (SSSR count). The monoisotopic (exact) mass is 291 g/mol. The smallest absolute Gasteiger partial charge is 0.315 e. The second kappa shape index (κ2) is 7.64. The highest BCUT2D eigenvalue weighted by atomic mass is 16.5. The van der Waals surface area contributed by atoms with Crippen LogP contribution in [-0.2, 0) is 9.53 Å². The molecule has 2 unspecified atom stereocenters. The number of piperidine rings is 1. The average molecular weight is 291 g/mol. The van der Waals surface area contributed by atoms with E-state index < -0.39 is 6.04 Å². The number of carbonyl (C=O) groups is 2. The minimum absolute atomic E-state index is 0.122. The van der Waals surface area contributed by atoms with Gasteiger partial charge >= 0.3 is 6.03 Å². The van der Waals surface area contributed by atoms with Crippen LogP contribution in [0.2, 0.25) is 0 Å². The van der Waals surface area contributed by atoms with Crippen LogP contribution in [0.4, 0.5) is 4.79 Å². The standard InChI is InChI=1S/C15H21N3O3/c1-21-13(11-6-3-2-4-7-11)10-17-15(20)18-12-8-5-9-16-14(12)19/h2-4,6-7,12-13H,5,8-10H2,1H3,(H,16,19)(H2,17,18,20). The van der Waals surface area contributed by atoms with Crippen LogP contribution in [-0.4, -0.2) is 38.2 Å². The fourth-order valence-corrected chi connectivity index (χ4v) is 2.31. The average Bonchev–Trinajstić information content (AvgIpc) is 2.51. The maximum absolute atomic E-state index is 11.9. The van der Waals surface area contributed by atoms with Gasteiger partial charge in [0.1, 0.15) is 6.04 Å². The third-order valence-electron chi connectivity index (χ3n) is 3.49. The zero-order valence-electron chi connectivity index (χ0n) is 12.1. The molecule has 3 amide bonds. The lowest BCUT2D eigenvalue weighted by molar-refractivity contribution is -0.124. The van der Waals surface area contributed by atoms with Crippen LogP contribution in [0.1, 0.15) is 24.5 Å². The van der Waals surface area contributed by atoms with Crippen LogP contribution in [0.25, 0.3) is 0 Å². The first-order valence-corrected chi connectivity index (χ1v) is 7.10. The summed E-state index contributed by atoms with van der Waals surface area (Å²) >= 11 is 0. The van der Waals surface area contributed by atoms with Crippen molar-refractivity contribution in [2.45, 2.75) is 25.0 Å². The quantitative estimate of drug-likeness (QED) is 0.756. The number of methoxy groups -OCH3 is 1. The van der Waals surface area contributed by atoms with E-state index in [4.69, 9.17) is 4.74 Å². The van der Waals surface area contributed by atoms with Crippen molar-refractivity contribution in [3.63, 3.8) is 0 Å². The molecule has 1 aromatic rings. The maximum Gasteiger partial charge on any atom is 0.315 e. The SMILES string of the molecule is COC(CNC(=O)NC1CCCNC1=O)c1ccccc1. The summed E-state index contributed by atoms with van der Waals surface area (Å²) < 4.78 is 5.38. The summed E-state index contributed by atoms with van der Waals surface area (Å²) in [5, 5.41) is 8.16. The predicted molar refractivity (Wildman–Crippen MR) is 78.8 cm³/mol. The molecule has 1 fully saturated rings. The molecule has 0 bridgehead atoms. The molecule has 6 nitrogen and oxygen atoms in total. The van der Waals surface area contributed by atoms with Gasteiger partial charge in [-0.2, -0.15) is 0 Å². The number of urea groups is 1. The van der Waals surface area contributed by atoms with Crippen molar-refractivity contribution < 1.29 is 14.3 Å². The van der Waals surface area contributed by atoms with Crippen molar-refractivity contribution in [2.75, 3.05) is 20.2 Å². The Kier molecular flexibility index (Phi) is 5.57. The summed E-state index contributed by atoms with van der Waals surface area (Å²) in [5.74, 6) is -0.122. The zero-order chi connectivity index (χ0) is 15.1. The van der Waals surface area contributed by atoms with Gasteiger partial charge in [0.05, 0.1) is 6.10 Å². The largest absolute Gasteiger partial charge is 0.375 e. The summed E-state index contributed by atoms with van der Waals surface area (Å²) in [6.07, 6.45) is 1.34. The van der Waals surface area contributed by atoms with E-state index in [9.17, 15) is 9.59 Å². The highest BCUT2D eigenvalue weighted by Gasteiger charge is 2.23. The fourth-order valence-electron chi connectivity index (χ4n) is 2.31. The molecule has 0 saturated carbocycles. The first-order chi connectivity index (χ1) is 10.2. The Labute approximate surface area is 124 Å². The molecule has 1 aromatic carbocycles. The molecular formula is C15H21N3O3. The molecule has 0 radical (unpaired) electrons. The Balaban J connectivity index is 1.81. The summed E-state index contributed by atoms with van der Waals surface area (Å²) in [7, 11) is 1.60. The van der Waals surface area contributed by atoms with Crippen molar-refractivity contribution in [1.29, 1.82) is 0 Å². The summed E-state index contributed by atoms with van der Waals surface area (Å²) in [4.78, 5) is 23.4. The summed E-state index contributed by atoms with van der Waals surface area (Å²) in [6, 6.07) is 8.87. The number of carbonyl (C=O) groups excluding carboxylic acids is 2. The second-order valence-corrected chi connectivity index (χ2v) is 4.98. The Morgan fingerprint density at radius 1 is 1.43 bits per heavy atom. The number of ether oxygens (including phenoxy) is 1. The van der Waals surface area contributed by atoms with Gasteiger partial charge in [-0.15, -0.1) is 0 Å². The Hall–Kier alpha value is -2.08. The molecule has 21 heavy (non-hydrogen) atoms. The van der Waals surface area contributed by atoms with Gasteiger partial charge in [-0.1, -0.05) is 30.3 Å². The first-order valence-electron chi connectivity index (χ1n) is 7.10. The minimum Gasteiger partial charge on any atom is -0.375 e. The van der Waals surface area contributed by atoms with Gasteiger partial charge in [0.2, 0.25) is 5.91 Å². The van der Waals surface area contributed by atoms with E-state index >= 15 is 0 Å². The van der Waals surface area contributed by atoms with E-state index in [1.807, 2.05) is 30.3 Å². The van der Waals surface area contributed by atoms with Gasteiger partial charge in [-0.05, 0) is 18.4 Å². The van der Waals surface area contributed by atoms with E-state index in [1.54, 1.807) is 7.11 Å². The van der Waals surface area contributed by atoms with Crippen LogP contribution in [0.5, 0.6) is 0 Å². The van der Waals surface area contributed by atoms with E-state index in [0.717, 1.165) is 12.0 Å². The number of hydrogen-bond acceptors (Lipinski definition) is 3. The Bertz CT molecular complexity index is 478. The van der Waals surface area contributed by atoms with E-state index in [-0.39, 0.29) is 18.0 Å². The first kappa shape index (κ1) is 15.3. The van der Waals surface area contributed by atoms with Crippen LogP contribution < -0.4 is 16.0 Å². The lowest BCUT2D eigenvalue weighted by Crippen LogP contribution is -2.53. The molecule has 1 heterocycles. The molecule has 0 aliphatic carbocycles. The number of hydrogen-bond donors (Lipinski definition) is 3. The van der Waals surface area contributed by atoms with Crippen molar-refractivity contribution in [3.8, 4) is 0 Å². The predicted octanol–water partition coefficient (Wildman–Crippen LogP) is 0.952. The second-order valence-electron chi connectivity index (χ2n) is 4.98. The van der Waals surface area contributed by atoms with Gasteiger partial charge in [0.15, 0.2) is 0 Å². The van der Waals surface area contributed by atoms with Crippen molar-refractivity contribution >= 4 is 11.9 Å². The molecule has 3 N–H and O–H groups in total. The minimum atomic E-state index is -0.448. The highest BCUT2D eigenvalue weighted by molar-refractivity contribution is 5.87. The van der Waals surface area contributed by atoms with Crippen LogP contribution in [0.15, 0.2) is 30.3 Å². The van der Waals surface area contributed by atoms with Gasteiger partial charge in [0.25, 0.3) is 0 Å². The zero-order valence-corrected chi connectivity index (χ0v) is 12.1. The van der Waals surface area contributed by atoms with Crippen LogP contribution in [0.3, 0.4) is 0 Å². The van der Waals surface area contributed by atoms with Gasteiger partial charge < -0.3 is 20.7 Å². The molecule has 1 saturated heterocycles. The van der Waals surface area contributed by atoms with Gasteiger partial charge in [-0.3, -0.25) is 4.79 Å². The molecule has 6 heteroatoms. The van der Waals surface area contributed by atoms with E-state index in [0.29, 0.717) is 19.5 Å². The van der Waals surface area contributed by atoms with Gasteiger partial charge in [0, 0.05) is 20.2 Å². The Morgan fingerprint density at radius 2 is 2.19 bits per heavy atom. The summed E-state index contributed by atoms with van der Waals surface area (Å²) in [5.41, 5.74) is 0.996. The molecule has 0 spiro atoms. The molecule has 1 aliphatic rings. The fraction of sp³-hybridized carbons (Fsp3) is 0.467. The van der Waals surface area contributed by atoms with Crippen molar-refractivity contribution in [3.05, 3.63) is 35.9 Å². The molecule has 1 aliphatic heterocycles. The van der Waals surface area contributed by atoms with E-state index in [2.05, 4.69) is 16.0 Å². The van der Waals surface area contributed by atoms with Crippen LogP contribution in [0, 0.1) is 0 Å². The van der Waals surface area contributed by atoms with Crippen molar-refractivity contribution in [2.24, 2.45) is 0 Å². The molecule has 2 atom stereocenters. The maximum atomic E-state index is 11.9. The number of rotatable bonds is 5. The topological polar surface area (TPSA) is 79.5 Å². The highest BCUT2D eigenvalue weighted by Crippen LogP contribution is 2.14. The Morgan fingerprint density at radius 3 is 2.86 bits per heavy atom. The molecule has 114 valence electrons. The van der Waals surface area contributed by atoms with Crippen molar-refractivity contribution in [1.82, 2.24) is 16.0 Å². The number of nitrogens with one attached hydrogen (secondary N) is 3. The number of benzene rings is 1. The van der Waals surface area contributed by atoms with Crippen LogP contribution >= 0.6 is 0 Å². The summed E-state index contributed by atoms with van der Waals surface area (Å²) in [6.45, 7) is 1.03. The normalized spacial score (nSPS) is 19.5. The lowest BCUT2D eigenvalue weighted by atomic mass is 10.1. The third-order valence-corrected chi connectivity index (χ3v) is 3.49.